The van der Waals surface area contributed by atoms with Gasteiger partial charge >= 0.3 is 0 Å². The summed E-state index contributed by atoms with van der Waals surface area (Å²) < 4.78 is 1.82. The van der Waals surface area contributed by atoms with Gasteiger partial charge in [-0.05, 0) is 43.3 Å². The number of aromatic nitrogens is 7. The molecule has 0 aliphatic heterocycles. The minimum Gasteiger partial charge on any atom is -0.508 e. The molecule has 0 amide bonds. The number of benzene rings is 1. The number of nitrogens with one attached hydrogen (secondary N) is 1. The lowest BCUT2D eigenvalue weighted by molar-refractivity contribution is 0.455. The molecule has 4 rings (SSSR count). The third-order valence-corrected chi connectivity index (χ3v) is 3.65. The molecule has 0 radical (unpaired) electrons. The lowest BCUT2D eigenvalue weighted by atomic mass is 10.2. The molecule has 0 atom stereocenters. The summed E-state index contributed by atoms with van der Waals surface area (Å²) >= 11 is 0. The van der Waals surface area contributed by atoms with E-state index in [4.69, 9.17) is 0 Å². The first-order valence-corrected chi connectivity index (χ1v) is 7.79. The van der Waals surface area contributed by atoms with E-state index in [1.165, 1.54) is 11.1 Å². The molecule has 9 nitrogen and oxygen atoms in total. The van der Waals surface area contributed by atoms with Crippen LogP contribution in [0.5, 0.6) is 5.75 Å². The molecule has 0 spiro atoms. The minimum atomic E-state index is 0.0960. The van der Waals surface area contributed by atoms with E-state index in [9.17, 15) is 5.11 Å². The molecule has 2 N–H and O–H groups in total. The van der Waals surface area contributed by atoms with Gasteiger partial charge in [0.2, 0.25) is 11.8 Å². The summed E-state index contributed by atoms with van der Waals surface area (Å²) in [6, 6.07) is 8.91. The number of phenolic OH excluding ortho intramolecular Hbond substituents is 1. The highest BCUT2D eigenvalue weighted by Gasteiger charge is 2.11. The zero-order valence-corrected chi connectivity index (χ0v) is 13.7. The molecule has 0 aliphatic carbocycles. The molecule has 3 aromatic heterocycles. The van der Waals surface area contributed by atoms with Gasteiger partial charge in [0.15, 0.2) is 0 Å². The number of hydrogen-bond donors (Lipinski definition) is 2. The molecule has 126 valence electrons. The van der Waals surface area contributed by atoms with Gasteiger partial charge in [-0.2, -0.15) is 4.80 Å². The Labute approximate surface area is 143 Å². The number of anilines is 2. The van der Waals surface area contributed by atoms with Gasteiger partial charge in [0.1, 0.15) is 17.7 Å². The van der Waals surface area contributed by atoms with Crippen LogP contribution in [0.15, 0.2) is 42.9 Å². The molecule has 0 aliphatic rings. The summed E-state index contributed by atoms with van der Waals surface area (Å²) in [6.45, 7) is 3.94. The number of nitrogens with zero attached hydrogens (tertiary/aromatic N) is 7. The Morgan fingerprint density at radius 1 is 1.16 bits per heavy atom. The highest BCUT2D eigenvalue weighted by Crippen LogP contribution is 2.27. The van der Waals surface area contributed by atoms with Gasteiger partial charge in [-0.1, -0.05) is 0 Å². The van der Waals surface area contributed by atoms with Gasteiger partial charge in [-0.25, -0.2) is 9.97 Å². The van der Waals surface area contributed by atoms with Crippen LogP contribution in [-0.4, -0.2) is 39.7 Å². The highest BCUT2D eigenvalue weighted by molar-refractivity contribution is 5.68. The molecule has 25 heavy (non-hydrogen) atoms. The van der Waals surface area contributed by atoms with E-state index in [2.05, 4.69) is 30.7 Å². The second-order valence-electron chi connectivity index (χ2n) is 5.85. The van der Waals surface area contributed by atoms with E-state index in [1.54, 1.807) is 12.1 Å². The van der Waals surface area contributed by atoms with Crippen molar-refractivity contribution < 1.29 is 5.11 Å². The maximum absolute atomic E-state index is 10.1. The fourth-order valence-corrected chi connectivity index (χ4v) is 2.45. The lowest BCUT2D eigenvalue weighted by Gasteiger charge is -2.09. The predicted octanol–water partition coefficient (Wildman–Crippen LogP) is 2.41. The summed E-state index contributed by atoms with van der Waals surface area (Å²) in [5, 5.41) is 25.6. The first-order valence-electron chi connectivity index (χ1n) is 7.79. The second-order valence-corrected chi connectivity index (χ2v) is 5.85. The SMILES string of the molecule is CC(C)n1nnc(-c2cc(O)cc(Nc3ncnc4cccn34)c2)n1. The maximum Gasteiger partial charge on any atom is 0.214 e. The Hall–Kier alpha value is -3.49. The molecule has 0 saturated carbocycles. The molecule has 3 heterocycles. The number of fused-ring (bicyclic) bond motifs is 1. The highest BCUT2D eigenvalue weighted by atomic mass is 16.3. The van der Waals surface area contributed by atoms with Crippen molar-refractivity contribution >= 4 is 17.3 Å². The molecule has 9 heteroatoms. The number of aromatic hydroxyl groups is 1. The van der Waals surface area contributed by atoms with Crippen molar-refractivity contribution in [3.63, 3.8) is 0 Å². The first-order chi connectivity index (χ1) is 12.1. The number of phenols is 1. The second kappa shape index (κ2) is 5.86. The zero-order chi connectivity index (χ0) is 17.4. The summed E-state index contributed by atoms with van der Waals surface area (Å²) in [5.41, 5.74) is 2.09. The van der Waals surface area contributed by atoms with Gasteiger partial charge in [-0.15, -0.1) is 10.2 Å². The van der Waals surface area contributed by atoms with Crippen LogP contribution in [0.3, 0.4) is 0 Å². The van der Waals surface area contributed by atoms with E-state index in [1.807, 2.05) is 42.6 Å². The van der Waals surface area contributed by atoms with Gasteiger partial charge in [-0.3, -0.25) is 4.40 Å². The van der Waals surface area contributed by atoms with Gasteiger partial charge in [0, 0.05) is 23.5 Å². The molecule has 0 unspecified atom stereocenters. The topological polar surface area (TPSA) is 106 Å². The Kier molecular flexibility index (Phi) is 3.53. The Balaban J connectivity index is 1.71. The summed E-state index contributed by atoms with van der Waals surface area (Å²) in [7, 11) is 0. The van der Waals surface area contributed by atoms with E-state index in [-0.39, 0.29) is 11.8 Å². The maximum atomic E-state index is 10.1. The fraction of sp³-hybridized carbons (Fsp3) is 0.188. The van der Waals surface area contributed by atoms with E-state index in [0.717, 1.165) is 5.65 Å². The van der Waals surface area contributed by atoms with Gasteiger partial charge in [0.25, 0.3) is 0 Å². The van der Waals surface area contributed by atoms with Crippen molar-refractivity contribution in [3.05, 3.63) is 42.9 Å². The molecular formula is C16H16N8O. The number of hydrogen-bond acceptors (Lipinski definition) is 7. The Morgan fingerprint density at radius 2 is 2.04 bits per heavy atom. The Morgan fingerprint density at radius 3 is 2.84 bits per heavy atom. The van der Waals surface area contributed by atoms with Crippen molar-refractivity contribution in [2.75, 3.05) is 5.32 Å². The molecule has 4 aromatic rings. The third kappa shape index (κ3) is 2.87. The van der Waals surface area contributed by atoms with Gasteiger partial charge in [0.05, 0.1) is 6.04 Å². The largest absolute Gasteiger partial charge is 0.508 e. The van der Waals surface area contributed by atoms with Crippen LogP contribution in [0.2, 0.25) is 0 Å². The van der Waals surface area contributed by atoms with E-state index >= 15 is 0 Å². The predicted molar refractivity (Wildman–Crippen MR) is 91.6 cm³/mol. The molecule has 1 aromatic carbocycles. The average Bonchev–Trinajstić information content (AvgIpc) is 3.24. The zero-order valence-electron chi connectivity index (χ0n) is 13.7. The van der Waals surface area contributed by atoms with Crippen LogP contribution in [0, 0.1) is 0 Å². The van der Waals surface area contributed by atoms with Crippen molar-refractivity contribution in [1.82, 2.24) is 34.6 Å². The third-order valence-electron chi connectivity index (χ3n) is 3.65. The number of rotatable bonds is 4. The monoisotopic (exact) mass is 336 g/mol. The quantitative estimate of drug-likeness (QED) is 0.589. The van der Waals surface area contributed by atoms with Crippen LogP contribution >= 0.6 is 0 Å². The van der Waals surface area contributed by atoms with Crippen LogP contribution in [-0.2, 0) is 0 Å². The van der Waals surface area contributed by atoms with Crippen molar-refractivity contribution in [1.29, 1.82) is 0 Å². The molecule has 0 fully saturated rings. The average molecular weight is 336 g/mol. The minimum absolute atomic E-state index is 0.0960. The lowest BCUT2D eigenvalue weighted by Crippen LogP contribution is -2.04. The smallest absolute Gasteiger partial charge is 0.214 e. The van der Waals surface area contributed by atoms with Crippen molar-refractivity contribution in [3.8, 4) is 17.1 Å². The van der Waals surface area contributed by atoms with E-state index < -0.39 is 0 Å². The number of tetrazole rings is 1. The van der Waals surface area contributed by atoms with E-state index in [0.29, 0.717) is 23.0 Å². The van der Waals surface area contributed by atoms with Crippen LogP contribution < -0.4 is 5.32 Å². The normalized spacial score (nSPS) is 11.3. The Bertz CT molecular complexity index is 1040. The molecule has 0 saturated heterocycles. The fourth-order valence-electron chi connectivity index (χ4n) is 2.45. The van der Waals surface area contributed by atoms with Crippen LogP contribution in [0.1, 0.15) is 19.9 Å². The van der Waals surface area contributed by atoms with Crippen molar-refractivity contribution in [2.24, 2.45) is 0 Å². The molecule has 0 bridgehead atoms. The van der Waals surface area contributed by atoms with Crippen molar-refractivity contribution in [2.45, 2.75) is 19.9 Å². The standard InChI is InChI=1S/C16H16N8O/c1-10(2)24-21-15(20-22-24)11-6-12(8-13(25)7-11)19-16-18-9-17-14-4-3-5-23(14)16/h3-10,25H,1-2H3,(H,17,18,19). The summed E-state index contributed by atoms with van der Waals surface area (Å²) in [5.74, 6) is 1.13. The van der Waals surface area contributed by atoms with Crippen LogP contribution in [0.25, 0.3) is 17.0 Å². The summed E-state index contributed by atoms with van der Waals surface area (Å²) in [4.78, 5) is 9.95. The molecular weight excluding hydrogens is 320 g/mol. The van der Waals surface area contributed by atoms with Gasteiger partial charge < -0.3 is 10.4 Å². The van der Waals surface area contributed by atoms with Crippen LogP contribution in [0.4, 0.5) is 11.6 Å². The first kappa shape index (κ1) is 15.1. The summed E-state index contributed by atoms with van der Waals surface area (Å²) in [6.07, 6.45) is 3.34.